The minimum Gasteiger partial charge on any atom is -0.490 e. The number of hydrogen-bond acceptors (Lipinski definition) is 4. The number of rotatable bonds is 9. The van der Waals surface area contributed by atoms with E-state index in [1.807, 2.05) is 49.4 Å². The lowest BCUT2D eigenvalue weighted by Gasteiger charge is -2.17. The van der Waals surface area contributed by atoms with Crippen molar-refractivity contribution in [2.75, 3.05) is 13.2 Å². The fourth-order valence-electron chi connectivity index (χ4n) is 3.50. The zero-order chi connectivity index (χ0) is 23.2. The van der Waals surface area contributed by atoms with Crippen LogP contribution in [0.25, 0.3) is 11.0 Å². The molecule has 1 unspecified atom stereocenters. The standard InChI is InChI=1S/C25H23Cl2N3O3/c1-17(28-24(31)16-33-19-12-10-18(26)11-13-19)25-29-21-7-3-4-8-22(21)30(25)14-15-32-23-9-5-2-6-20(23)27/h2-13,17H,14-16H2,1H3,(H,28,31). The number of fused-ring (bicyclic) bond motifs is 1. The number of imidazole rings is 1. The van der Waals surface area contributed by atoms with Gasteiger partial charge in [-0.1, -0.05) is 47.5 Å². The summed E-state index contributed by atoms with van der Waals surface area (Å²) in [4.78, 5) is 17.2. The molecule has 8 heteroatoms. The van der Waals surface area contributed by atoms with Crippen molar-refractivity contribution in [3.63, 3.8) is 0 Å². The third-order valence-electron chi connectivity index (χ3n) is 5.04. The van der Waals surface area contributed by atoms with Crippen molar-refractivity contribution >= 4 is 40.1 Å². The van der Waals surface area contributed by atoms with E-state index < -0.39 is 0 Å². The van der Waals surface area contributed by atoms with Gasteiger partial charge in [0.2, 0.25) is 0 Å². The summed E-state index contributed by atoms with van der Waals surface area (Å²) in [5.41, 5.74) is 1.82. The third kappa shape index (κ3) is 5.78. The number of nitrogens with zero attached hydrogens (tertiary/aromatic N) is 2. The third-order valence-corrected chi connectivity index (χ3v) is 5.61. The molecule has 3 aromatic carbocycles. The van der Waals surface area contributed by atoms with Gasteiger partial charge in [0.05, 0.1) is 28.6 Å². The quantitative estimate of drug-likeness (QED) is 0.332. The van der Waals surface area contributed by atoms with Gasteiger partial charge in [-0.05, 0) is 55.5 Å². The molecule has 1 heterocycles. The normalized spacial score (nSPS) is 11.8. The number of nitrogens with one attached hydrogen (secondary N) is 1. The second kappa shape index (κ2) is 10.6. The summed E-state index contributed by atoms with van der Waals surface area (Å²) in [6.07, 6.45) is 0. The second-order valence-electron chi connectivity index (χ2n) is 7.42. The van der Waals surface area contributed by atoms with Crippen molar-refractivity contribution in [1.29, 1.82) is 0 Å². The Morgan fingerprint density at radius 1 is 1.00 bits per heavy atom. The molecular formula is C25H23Cl2N3O3. The van der Waals surface area contributed by atoms with Crippen LogP contribution in [0, 0.1) is 0 Å². The van der Waals surface area contributed by atoms with Crippen molar-refractivity contribution in [2.24, 2.45) is 0 Å². The Bertz CT molecular complexity index is 1240. The highest BCUT2D eigenvalue weighted by atomic mass is 35.5. The Morgan fingerprint density at radius 2 is 1.73 bits per heavy atom. The molecule has 4 rings (SSSR count). The zero-order valence-electron chi connectivity index (χ0n) is 18.0. The fourth-order valence-corrected chi connectivity index (χ4v) is 3.81. The van der Waals surface area contributed by atoms with Gasteiger partial charge in [-0.25, -0.2) is 4.98 Å². The van der Waals surface area contributed by atoms with E-state index >= 15 is 0 Å². The number of carbonyl (C=O) groups is 1. The van der Waals surface area contributed by atoms with Crippen molar-refractivity contribution in [2.45, 2.75) is 19.5 Å². The number of benzene rings is 3. The summed E-state index contributed by atoms with van der Waals surface area (Å²) in [6.45, 7) is 2.73. The first kappa shape index (κ1) is 23.0. The minimum absolute atomic E-state index is 0.109. The van der Waals surface area contributed by atoms with E-state index in [0.29, 0.717) is 34.7 Å². The Labute approximate surface area is 202 Å². The Kier molecular flexibility index (Phi) is 7.37. The SMILES string of the molecule is CC(NC(=O)COc1ccc(Cl)cc1)c1nc2ccccc2n1CCOc1ccccc1Cl. The summed E-state index contributed by atoms with van der Waals surface area (Å²) < 4.78 is 13.5. The number of hydrogen-bond donors (Lipinski definition) is 1. The molecule has 0 saturated carbocycles. The summed E-state index contributed by atoms with van der Waals surface area (Å²) >= 11 is 12.1. The van der Waals surface area contributed by atoms with E-state index in [1.165, 1.54) is 0 Å². The fraction of sp³-hybridized carbons (Fsp3) is 0.200. The van der Waals surface area contributed by atoms with Gasteiger partial charge in [0, 0.05) is 5.02 Å². The van der Waals surface area contributed by atoms with E-state index in [-0.39, 0.29) is 18.6 Å². The molecule has 0 saturated heterocycles. The topological polar surface area (TPSA) is 65.4 Å². The molecular weight excluding hydrogens is 461 g/mol. The number of aromatic nitrogens is 2. The largest absolute Gasteiger partial charge is 0.490 e. The molecule has 1 atom stereocenters. The molecule has 1 aromatic heterocycles. The van der Waals surface area contributed by atoms with E-state index in [1.54, 1.807) is 30.3 Å². The molecule has 1 amide bonds. The Morgan fingerprint density at radius 3 is 2.52 bits per heavy atom. The molecule has 0 aliphatic rings. The lowest BCUT2D eigenvalue weighted by Crippen LogP contribution is -2.33. The second-order valence-corrected chi connectivity index (χ2v) is 8.26. The predicted molar refractivity (Wildman–Crippen MR) is 130 cm³/mol. The maximum Gasteiger partial charge on any atom is 0.258 e. The highest BCUT2D eigenvalue weighted by Gasteiger charge is 2.19. The van der Waals surface area contributed by atoms with Gasteiger partial charge in [-0.2, -0.15) is 0 Å². The first-order valence-electron chi connectivity index (χ1n) is 10.5. The van der Waals surface area contributed by atoms with E-state index in [4.69, 9.17) is 37.7 Å². The van der Waals surface area contributed by atoms with Gasteiger partial charge in [-0.15, -0.1) is 0 Å². The van der Waals surface area contributed by atoms with Crippen LogP contribution in [0.1, 0.15) is 18.8 Å². The molecule has 4 aromatic rings. The maximum atomic E-state index is 12.5. The molecule has 0 fully saturated rings. The van der Waals surface area contributed by atoms with Gasteiger partial charge in [0.25, 0.3) is 5.91 Å². The van der Waals surface area contributed by atoms with Crippen LogP contribution in [0.4, 0.5) is 0 Å². The Balaban J connectivity index is 1.44. The average Bonchev–Trinajstić information content (AvgIpc) is 3.19. The van der Waals surface area contributed by atoms with Crippen LogP contribution < -0.4 is 14.8 Å². The predicted octanol–water partition coefficient (Wildman–Crippen LogP) is 5.68. The van der Waals surface area contributed by atoms with Gasteiger partial charge in [-0.3, -0.25) is 4.79 Å². The molecule has 33 heavy (non-hydrogen) atoms. The van der Waals surface area contributed by atoms with Crippen molar-refractivity contribution < 1.29 is 14.3 Å². The zero-order valence-corrected chi connectivity index (χ0v) is 19.5. The van der Waals surface area contributed by atoms with Gasteiger partial charge >= 0.3 is 0 Å². The number of halogens is 2. The lowest BCUT2D eigenvalue weighted by molar-refractivity contribution is -0.123. The van der Waals surface area contributed by atoms with Crippen LogP contribution in [-0.2, 0) is 11.3 Å². The molecule has 0 aliphatic carbocycles. The van der Waals surface area contributed by atoms with Gasteiger partial charge in [0.15, 0.2) is 6.61 Å². The average molecular weight is 484 g/mol. The summed E-state index contributed by atoms with van der Waals surface area (Å²) in [5.74, 6) is 1.69. The van der Waals surface area contributed by atoms with Crippen LogP contribution in [0.3, 0.4) is 0 Å². The molecule has 6 nitrogen and oxygen atoms in total. The van der Waals surface area contributed by atoms with Crippen LogP contribution in [0.5, 0.6) is 11.5 Å². The van der Waals surface area contributed by atoms with Crippen LogP contribution in [-0.4, -0.2) is 28.7 Å². The number of ether oxygens (including phenoxy) is 2. The molecule has 0 spiro atoms. The molecule has 0 bridgehead atoms. The van der Waals surface area contributed by atoms with E-state index in [0.717, 1.165) is 16.9 Å². The summed E-state index contributed by atoms with van der Waals surface area (Å²) in [6, 6.07) is 21.7. The number of carbonyl (C=O) groups excluding carboxylic acids is 1. The first-order valence-corrected chi connectivity index (χ1v) is 11.3. The van der Waals surface area contributed by atoms with Gasteiger partial charge < -0.3 is 19.4 Å². The van der Waals surface area contributed by atoms with Crippen molar-refractivity contribution in [1.82, 2.24) is 14.9 Å². The van der Waals surface area contributed by atoms with Gasteiger partial charge in [0.1, 0.15) is 23.9 Å². The van der Waals surface area contributed by atoms with Crippen LogP contribution >= 0.6 is 23.2 Å². The minimum atomic E-state index is -0.334. The molecule has 1 N–H and O–H groups in total. The molecule has 0 radical (unpaired) electrons. The molecule has 0 aliphatic heterocycles. The van der Waals surface area contributed by atoms with E-state index in [9.17, 15) is 4.79 Å². The van der Waals surface area contributed by atoms with Crippen molar-refractivity contribution in [3.05, 3.63) is 88.7 Å². The number of amides is 1. The highest BCUT2D eigenvalue weighted by molar-refractivity contribution is 6.32. The maximum absolute atomic E-state index is 12.5. The number of para-hydroxylation sites is 3. The lowest BCUT2D eigenvalue weighted by atomic mass is 10.3. The molecule has 170 valence electrons. The monoisotopic (exact) mass is 483 g/mol. The van der Waals surface area contributed by atoms with Crippen LogP contribution in [0.15, 0.2) is 72.8 Å². The van der Waals surface area contributed by atoms with Crippen LogP contribution in [0.2, 0.25) is 10.0 Å². The first-order chi connectivity index (χ1) is 16.0. The summed E-state index contributed by atoms with van der Waals surface area (Å²) in [5, 5.41) is 4.13. The van der Waals surface area contributed by atoms with Crippen molar-refractivity contribution in [3.8, 4) is 11.5 Å². The summed E-state index contributed by atoms with van der Waals surface area (Å²) in [7, 11) is 0. The highest BCUT2D eigenvalue weighted by Crippen LogP contribution is 2.24. The smallest absolute Gasteiger partial charge is 0.258 e. The van der Waals surface area contributed by atoms with E-state index in [2.05, 4.69) is 9.88 Å². The Hall–Kier alpha value is -3.22.